The molecule has 3 rings (SSSR count). The Balaban J connectivity index is 1.66. The Labute approximate surface area is 135 Å². The molecule has 0 aliphatic carbocycles. The van der Waals surface area contributed by atoms with E-state index in [1.807, 2.05) is 4.57 Å². The summed E-state index contributed by atoms with van der Waals surface area (Å²) in [6.45, 7) is 12.0. The summed E-state index contributed by atoms with van der Waals surface area (Å²) >= 11 is 0. The zero-order valence-corrected chi connectivity index (χ0v) is 14.2. The van der Waals surface area contributed by atoms with E-state index in [1.165, 1.54) is 0 Å². The lowest BCUT2D eigenvalue weighted by molar-refractivity contribution is -0.0414. The van der Waals surface area contributed by atoms with Crippen LogP contribution in [-0.2, 0) is 23.2 Å². The number of rotatable bonds is 4. The maximum atomic E-state index is 5.86. The Hall–Kier alpha value is -1.80. The molecule has 8 nitrogen and oxygen atoms in total. The molecule has 1 fully saturated rings. The maximum Gasteiger partial charge on any atom is 0.240 e. The van der Waals surface area contributed by atoms with Crippen molar-refractivity contribution in [2.24, 2.45) is 0 Å². The quantitative estimate of drug-likeness (QED) is 0.845. The molecule has 1 atom stereocenters. The third-order valence-electron chi connectivity index (χ3n) is 3.92. The summed E-state index contributed by atoms with van der Waals surface area (Å²) in [7, 11) is 0. The van der Waals surface area contributed by atoms with Crippen LogP contribution in [0.3, 0.4) is 0 Å². The number of ether oxygens (including phenoxy) is 1. The maximum absolute atomic E-state index is 5.86. The number of hydrogen-bond donors (Lipinski definition) is 0. The Morgan fingerprint density at radius 2 is 2.17 bits per heavy atom. The van der Waals surface area contributed by atoms with Crippen LogP contribution >= 0.6 is 0 Å². The average molecular weight is 320 g/mol. The zero-order valence-electron chi connectivity index (χ0n) is 14.2. The molecule has 2 aromatic heterocycles. The van der Waals surface area contributed by atoms with Gasteiger partial charge in [-0.15, -0.1) is 10.2 Å². The van der Waals surface area contributed by atoms with Crippen molar-refractivity contribution in [1.82, 2.24) is 29.8 Å². The standard InChI is InChI=1S/C15H24N6O2/c1-5-21-10-16-18-13(21)11-8-20(6-7-22-11)9-12-17-14(19-23-12)15(2,3)4/h10-11H,5-9H2,1-4H3/t11-/m1/s1. The molecular weight excluding hydrogens is 296 g/mol. The van der Waals surface area contributed by atoms with Crippen molar-refractivity contribution < 1.29 is 9.26 Å². The van der Waals surface area contributed by atoms with Crippen molar-refractivity contribution in [1.29, 1.82) is 0 Å². The normalized spacial score (nSPS) is 20.1. The molecule has 1 aliphatic rings. The van der Waals surface area contributed by atoms with Crippen molar-refractivity contribution in [2.75, 3.05) is 19.7 Å². The van der Waals surface area contributed by atoms with Gasteiger partial charge in [0.2, 0.25) is 5.89 Å². The third-order valence-corrected chi connectivity index (χ3v) is 3.92. The third kappa shape index (κ3) is 3.59. The van der Waals surface area contributed by atoms with E-state index in [2.05, 4.69) is 52.9 Å². The van der Waals surface area contributed by atoms with Crippen LogP contribution in [0.15, 0.2) is 10.9 Å². The molecule has 0 amide bonds. The first-order chi connectivity index (χ1) is 11.0. The van der Waals surface area contributed by atoms with E-state index >= 15 is 0 Å². The summed E-state index contributed by atoms with van der Waals surface area (Å²) in [6, 6.07) is 0. The lowest BCUT2D eigenvalue weighted by atomic mass is 9.96. The highest BCUT2D eigenvalue weighted by atomic mass is 16.5. The topological polar surface area (TPSA) is 82.1 Å². The van der Waals surface area contributed by atoms with E-state index in [0.717, 1.165) is 31.3 Å². The average Bonchev–Trinajstić information content (AvgIpc) is 3.15. The molecule has 126 valence electrons. The van der Waals surface area contributed by atoms with Crippen LogP contribution in [0, 0.1) is 0 Å². The van der Waals surface area contributed by atoms with Crippen LogP contribution in [0.25, 0.3) is 0 Å². The molecular formula is C15H24N6O2. The van der Waals surface area contributed by atoms with E-state index in [9.17, 15) is 0 Å². The summed E-state index contributed by atoms with van der Waals surface area (Å²) in [4.78, 5) is 6.76. The molecule has 0 unspecified atom stereocenters. The van der Waals surface area contributed by atoms with Gasteiger partial charge in [-0.05, 0) is 6.92 Å². The van der Waals surface area contributed by atoms with Gasteiger partial charge in [-0.25, -0.2) is 0 Å². The van der Waals surface area contributed by atoms with E-state index < -0.39 is 0 Å². The van der Waals surface area contributed by atoms with E-state index in [1.54, 1.807) is 6.33 Å². The van der Waals surface area contributed by atoms with Crippen LogP contribution in [-0.4, -0.2) is 49.5 Å². The minimum absolute atomic E-state index is 0.0730. The fraction of sp³-hybridized carbons (Fsp3) is 0.733. The molecule has 0 saturated carbocycles. The van der Waals surface area contributed by atoms with Gasteiger partial charge < -0.3 is 13.8 Å². The van der Waals surface area contributed by atoms with Crippen molar-refractivity contribution in [3.8, 4) is 0 Å². The molecule has 1 saturated heterocycles. The van der Waals surface area contributed by atoms with Gasteiger partial charge in [0.1, 0.15) is 12.4 Å². The summed E-state index contributed by atoms with van der Waals surface area (Å²) in [6.07, 6.45) is 1.67. The smallest absolute Gasteiger partial charge is 0.240 e. The molecule has 0 N–H and O–H groups in total. The molecule has 0 bridgehead atoms. The number of nitrogens with zero attached hydrogens (tertiary/aromatic N) is 6. The highest BCUT2D eigenvalue weighted by molar-refractivity contribution is 5.00. The molecule has 0 radical (unpaired) electrons. The van der Waals surface area contributed by atoms with Crippen molar-refractivity contribution in [3.05, 3.63) is 23.9 Å². The molecule has 2 aromatic rings. The Morgan fingerprint density at radius 3 is 2.87 bits per heavy atom. The summed E-state index contributed by atoms with van der Waals surface area (Å²) in [5, 5.41) is 12.3. The predicted octanol–water partition coefficient (Wildman–Crippen LogP) is 1.55. The minimum Gasteiger partial charge on any atom is -0.368 e. The van der Waals surface area contributed by atoms with Crippen molar-refractivity contribution in [3.63, 3.8) is 0 Å². The van der Waals surface area contributed by atoms with Gasteiger partial charge in [0.05, 0.1) is 13.2 Å². The Morgan fingerprint density at radius 1 is 1.35 bits per heavy atom. The van der Waals surface area contributed by atoms with E-state index in [0.29, 0.717) is 19.0 Å². The highest BCUT2D eigenvalue weighted by Gasteiger charge is 2.28. The lowest BCUT2D eigenvalue weighted by Gasteiger charge is -2.31. The predicted molar refractivity (Wildman–Crippen MR) is 82.7 cm³/mol. The van der Waals surface area contributed by atoms with Crippen LogP contribution < -0.4 is 0 Å². The molecule has 23 heavy (non-hydrogen) atoms. The first kappa shape index (κ1) is 16.1. The van der Waals surface area contributed by atoms with Gasteiger partial charge in [0, 0.05) is 25.0 Å². The molecule has 0 spiro atoms. The second-order valence-corrected chi connectivity index (χ2v) is 6.83. The van der Waals surface area contributed by atoms with Gasteiger partial charge in [-0.3, -0.25) is 4.90 Å². The molecule has 0 aromatic carbocycles. The minimum atomic E-state index is -0.104. The second kappa shape index (κ2) is 6.37. The fourth-order valence-electron chi connectivity index (χ4n) is 2.57. The van der Waals surface area contributed by atoms with Gasteiger partial charge in [0.15, 0.2) is 11.6 Å². The van der Waals surface area contributed by atoms with Crippen molar-refractivity contribution >= 4 is 0 Å². The van der Waals surface area contributed by atoms with Gasteiger partial charge >= 0.3 is 0 Å². The lowest BCUT2D eigenvalue weighted by Crippen LogP contribution is -2.38. The Kier molecular flexibility index (Phi) is 4.45. The zero-order chi connectivity index (χ0) is 16.4. The van der Waals surface area contributed by atoms with Gasteiger partial charge in [-0.1, -0.05) is 25.9 Å². The van der Waals surface area contributed by atoms with Crippen LogP contribution in [0.1, 0.15) is 51.3 Å². The SMILES string of the molecule is CCn1cnnc1[C@H]1CN(Cc2nc(C(C)(C)C)no2)CCO1. The highest BCUT2D eigenvalue weighted by Crippen LogP contribution is 2.23. The molecule has 8 heteroatoms. The monoisotopic (exact) mass is 320 g/mol. The van der Waals surface area contributed by atoms with E-state index in [4.69, 9.17) is 9.26 Å². The van der Waals surface area contributed by atoms with Crippen LogP contribution in [0.5, 0.6) is 0 Å². The number of morpholine rings is 1. The Bertz CT molecular complexity index is 644. The van der Waals surface area contributed by atoms with Gasteiger partial charge in [0.25, 0.3) is 0 Å². The second-order valence-electron chi connectivity index (χ2n) is 6.83. The van der Waals surface area contributed by atoms with Crippen molar-refractivity contribution in [2.45, 2.75) is 52.3 Å². The number of aryl methyl sites for hydroxylation is 1. The fourth-order valence-corrected chi connectivity index (χ4v) is 2.57. The first-order valence-corrected chi connectivity index (χ1v) is 8.02. The van der Waals surface area contributed by atoms with Gasteiger partial charge in [-0.2, -0.15) is 4.98 Å². The molecule has 3 heterocycles. The van der Waals surface area contributed by atoms with Crippen LogP contribution in [0.4, 0.5) is 0 Å². The number of hydrogen-bond acceptors (Lipinski definition) is 7. The molecule has 1 aliphatic heterocycles. The number of aromatic nitrogens is 5. The summed E-state index contributed by atoms with van der Waals surface area (Å²) in [5.74, 6) is 2.26. The summed E-state index contributed by atoms with van der Waals surface area (Å²) in [5.41, 5.74) is -0.104. The van der Waals surface area contributed by atoms with Crippen LogP contribution in [0.2, 0.25) is 0 Å². The van der Waals surface area contributed by atoms with E-state index in [-0.39, 0.29) is 11.5 Å². The largest absolute Gasteiger partial charge is 0.368 e. The summed E-state index contributed by atoms with van der Waals surface area (Å²) < 4.78 is 13.3. The first-order valence-electron chi connectivity index (χ1n) is 8.02.